The van der Waals surface area contributed by atoms with Gasteiger partial charge in [0.1, 0.15) is 4.88 Å². The number of hydrogen-bond donors (Lipinski definition) is 2. The van der Waals surface area contributed by atoms with Gasteiger partial charge in [-0.05, 0) is 25.0 Å². The van der Waals surface area contributed by atoms with Crippen molar-refractivity contribution in [2.75, 3.05) is 13.1 Å². The first kappa shape index (κ1) is 13.5. The van der Waals surface area contributed by atoms with E-state index in [4.69, 9.17) is 10.8 Å². The fourth-order valence-corrected chi connectivity index (χ4v) is 2.93. The summed E-state index contributed by atoms with van der Waals surface area (Å²) in [5.74, 6) is -1.98. The summed E-state index contributed by atoms with van der Waals surface area (Å²) in [6.45, 7) is 0.886. The second kappa shape index (κ2) is 5.40. The standard InChI is InChI=1S/C12H14N2O4S/c13-10(15)7-2-1-5-14(6-7)11(16)8-3-4-9(19-8)12(17)18/h3-4,7H,1-2,5-6H2,(H2,13,15)(H,17,18). The fraction of sp³-hybridized carbons (Fsp3) is 0.417. The second-order valence-electron chi connectivity index (χ2n) is 4.46. The Hall–Kier alpha value is -1.89. The number of primary amides is 1. The molecule has 7 heteroatoms. The van der Waals surface area contributed by atoms with E-state index in [1.807, 2.05) is 0 Å². The van der Waals surface area contributed by atoms with Crippen LogP contribution in [-0.2, 0) is 4.79 Å². The predicted octanol–water partition coefficient (Wildman–Crippen LogP) is 0.784. The number of aromatic carboxylic acids is 1. The molecule has 0 spiro atoms. The van der Waals surface area contributed by atoms with Crippen molar-refractivity contribution in [2.45, 2.75) is 12.8 Å². The molecule has 1 aromatic rings. The molecule has 1 unspecified atom stereocenters. The average molecular weight is 282 g/mol. The summed E-state index contributed by atoms with van der Waals surface area (Å²) in [7, 11) is 0. The Labute approximate surface area is 113 Å². The zero-order valence-corrected chi connectivity index (χ0v) is 11.0. The number of carboxylic acids is 1. The third-order valence-electron chi connectivity index (χ3n) is 3.14. The second-order valence-corrected chi connectivity index (χ2v) is 5.55. The number of thiophene rings is 1. The van der Waals surface area contributed by atoms with Crippen LogP contribution in [0.25, 0.3) is 0 Å². The van der Waals surface area contributed by atoms with Gasteiger partial charge in [0.05, 0.1) is 10.8 Å². The zero-order valence-electron chi connectivity index (χ0n) is 10.2. The molecular weight excluding hydrogens is 268 g/mol. The molecular formula is C12H14N2O4S. The molecule has 2 heterocycles. The first-order chi connectivity index (χ1) is 8.99. The van der Waals surface area contributed by atoms with Crippen molar-refractivity contribution in [3.05, 3.63) is 21.9 Å². The van der Waals surface area contributed by atoms with E-state index in [0.29, 0.717) is 24.4 Å². The number of nitrogens with two attached hydrogens (primary N) is 1. The minimum atomic E-state index is -1.04. The summed E-state index contributed by atoms with van der Waals surface area (Å²) in [6.07, 6.45) is 1.43. The highest BCUT2D eigenvalue weighted by atomic mass is 32.1. The molecule has 0 aromatic carbocycles. The van der Waals surface area contributed by atoms with Crippen LogP contribution >= 0.6 is 11.3 Å². The van der Waals surface area contributed by atoms with Crippen molar-refractivity contribution in [1.29, 1.82) is 0 Å². The molecule has 1 aromatic heterocycles. The summed E-state index contributed by atoms with van der Waals surface area (Å²) >= 11 is 0.945. The Balaban J connectivity index is 2.10. The van der Waals surface area contributed by atoms with Crippen molar-refractivity contribution in [1.82, 2.24) is 4.90 Å². The summed E-state index contributed by atoms with van der Waals surface area (Å²) in [4.78, 5) is 36.2. The van der Waals surface area contributed by atoms with E-state index in [-0.39, 0.29) is 16.7 Å². The van der Waals surface area contributed by atoms with Crippen LogP contribution in [-0.4, -0.2) is 40.9 Å². The molecule has 2 rings (SSSR count). The predicted molar refractivity (Wildman–Crippen MR) is 69.1 cm³/mol. The molecule has 3 N–H and O–H groups in total. The Morgan fingerprint density at radius 1 is 1.32 bits per heavy atom. The Kier molecular flexibility index (Phi) is 3.84. The molecule has 0 saturated carbocycles. The summed E-state index contributed by atoms with van der Waals surface area (Å²) in [5.41, 5.74) is 5.26. The van der Waals surface area contributed by atoms with Crippen molar-refractivity contribution in [2.24, 2.45) is 11.7 Å². The highest BCUT2D eigenvalue weighted by molar-refractivity contribution is 7.15. The number of carbonyl (C=O) groups excluding carboxylic acids is 2. The van der Waals surface area contributed by atoms with E-state index in [2.05, 4.69) is 0 Å². The van der Waals surface area contributed by atoms with Gasteiger partial charge < -0.3 is 15.7 Å². The molecule has 2 amide bonds. The zero-order chi connectivity index (χ0) is 14.0. The maximum Gasteiger partial charge on any atom is 0.345 e. The molecule has 0 aliphatic carbocycles. The smallest absolute Gasteiger partial charge is 0.345 e. The first-order valence-electron chi connectivity index (χ1n) is 5.90. The van der Waals surface area contributed by atoms with Gasteiger partial charge in [0.2, 0.25) is 5.91 Å². The number of piperidine rings is 1. The van der Waals surface area contributed by atoms with Gasteiger partial charge in [-0.3, -0.25) is 9.59 Å². The first-order valence-corrected chi connectivity index (χ1v) is 6.72. The molecule has 1 fully saturated rings. The minimum absolute atomic E-state index is 0.131. The highest BCUT2D eigenvalue weighted by Gasteiger charge is 2.28. The molecule has 0 radical (unpaired) electrons. The van der Waals surface area contributed by atoms with Crippen LogP contribution in [0, 0.1) is 5.92 Å². The number of rotatable bonds is 3. The van der Waals surface area contributed by atoms with E-state index in [9.17, 15) is 14.4 Å². The lowest BCUT2D eigenvalue weighted by atomic mass is 9.97. The van der Waals surface area contributed by atoms with Crippen molar-refractivity contribution < 1.29 is 19.5 Å². The number of amides is 2. The van der Waals surface area contributed by atoms with Gasteiger partial charge in [-0.2, -0.15) is 0 Å². The van der Waals surface area contributed by atoms with Gasteiger partial charge in [-0.1, -0.05) is 0 Å². The lowest BCUT2D eigenvalue weighted by Crippen LogP contribution is -2.43. The van der Waals surface area contributed by atoms with Crippen LogP contribution in [0.15, 0.2) is 12.1 Å². The van der Waals surface area contributed by atoms with Gasteiger partial charge in [0.25, 0.3) is 5.91 Å². The van der Waals surface area contributed by atoms with Gasteiger partial charge >= 0.3 is 5.97 Å². The lowest BCUT2D eigenvalue weighted by Gasteiger charge is -2.30. The van der Waals surface area contributed by atoms with E-state index in [1.165, 1.54) is 12.1 Å². The Bertz CT molecular complexity index is 526. The molecule has 1 aliphatic rings. The van der Waals surface area contributed by atoms with E-state index >= 15 is 0 Å². The molecule has 1 atom stereocenters. The van der Waals surface area contributed by atoms with E-state index < -0.39 is 11.9 Å². The monoisotopic (exact) mass is 282 g/mol. The quantitative estimate of drug-likeness (QED) is 0.855. The third-order valence-corrected chi connectivity index (χ3v) is 4.20. The highest BCUT2D eigenvalue weighted by Crippen LogP contribution is 2.22. The Morgan fingerprint density at radius 3 is 2.58 bits per heavy atom. The van der Waals surface area contributed by atoms with Crippen molar-refractivity contribution in [3.63, 3.8) is 0 Å². The topological polar surface area (TPSA) is 101 Å². The number of hydrogen-bond acceptors (Lipinski definition) is 4. The average Bonchev–Trinajstić information content (AvgIpc) is 2.87. The maximum absolute atomic E-state index is 12.2. The molecule has 0 bridgehead atoms. The van der Waals surface area contributed by atoms with Crippen LogP contribution in [0.3, 0.4) is 0 Å². The molecule has 6 nitrogen and oxygen atoms in total. The summed E-state index contributed by atoms with van der Waals surface area (Å²) in [5, 5.41) is 8.83. The van der Waals surface area contributed by atoms with Crippen LogP contribution in [0.1, 0.15) is 32.2 Å². The number of nitrogens with zero attached hydrogens (tertiary/aromatic N) is 1. The number of likely N-dealkylation sites (tertiary alicyclic amines) is 1. The van der Waals surface area contributed by atoms with E-state index in [0.717, 1.165) is 17.8 Å². The third kappa shape index (κ3) is 2.93. The molecule has 1 saturated heterocycles. The van der Waals surface area contributed by atoms with Gasteiger partial charge in [0, 0.05) is 13.1 Å². The van der Waals surface area contributed by atoms with Crippen molar-refractivity contribution >= 4 is 29.1 Å². The number of carbonyl (C=O) groups is 3. The molecule has 19 heavy (non-hydrogen) atoms. The van der Waals surface area contributed by atoms with Gasteiger partial charge in [-0.25, -0.2) is 4.79 Å². The fourth-order valence-electron chi connectivity index (χ4n) is 2.12. The van der Waals surface area contributed by atoms with Crippen molar-refractivity contribution in [3.8, 4) is 0 Å². The van der Waals surface area contributed by atoms with E-state index in [1.54, 1.807) is 4.90 Å². The SMILES string of the molecule is NC(=O)C1CCCN(C(=O)c2ccc(C(=O)O)s2)C1. The number of carboxylic acid groups (broad SMARTS) is 1. The maximum atomic E-state index is 12.2. The largest absolute Gasteiger partial charge is 0.477 e. The van der Waals surface area contributed by atoms with Crippen LogP contribution < -0.4 is 5.73 Å². The lowest BCUT2D eigenvalue weighted by molar-refractivity contribution is -0.123. The molecule has 102 valence electrons. The van der Waals surface area contributed by atoms with Gasteiger partial charge in [-0.15, -0.1) is 11.3 Å². The normalized spacial score (nSPS) is 19.2. The molecule has 1 aliphatic heterocycles. The minimum Gasteiger partial charge on any atom is -0.477 e. The van der Waals surface area contributed by atoms with Gasteiger partial charge in [0.15, 0.2) is 0 Å². The van der Waals surface area contributed by atoms with Crippen LogP contribution in [0.4, 0.5) is 0 Å². The van der Waals surface area contributed by atoms with Crippen LogP contribution in [0.5, 0.6) is 0 Å². The summed E-state index contributed by atoms with van der Waals surface area (Å²) in [6, 6.07) is 2.92. The van der Waals surface area contributed by atoms with Crippen LogP contribution in [0.2, 0.25) is 0 Å². The Morgan fingerprint density at radius 2 is 2.00 bits per heavy atom. The summed E-state index contributed by atoms with van der Waals surface area (Å²) < 4.78 is 0.